The summed E-state index contributed by atoms with van der Waals surface area (Å²) in [5.74, 6) is -0.422. The van der Waals surface area contributed by atoms with Gasteiger partial charge in [0.05, 0.1) is 28.4 Å². The summed E-state index contributed by atoms with van der Waals surface area (Å²) >= 11 is 0. The van der Waals surface area contributed by atoms with Gasteiger partial charge in [-0.1, -0.05) is 60.7 Å². The van der Waals surface area contributed by atoms with E-state index >= 15 is 0 Å². The van der Waals surface area contributed by atoms with Gasteiger partial charge in [0.25, 0.3) is 21.8 Å². The van der Waals surface area contributed by atoms with E-state index in [1.54, 1.807) is 103 Å². The van der Waals surface area contributed by atoms with E-state index in [-0.39, 0.29) is 23.3 Å². The largest absolute Gasteiger partial charge is 0.339 e. The summed E-state index contributed by atoms with van der Waals surface area (Å²) in [5, 5.41) is 2.89. The van der Waals surface area contributed by atoms with Gasteiger partial charge in [0.2, 0.25) is 0 Å². The van der Waals surface area contributed by atoms with Gasteiger partial charge in [0.15, 0.2) is 0 Å². The van der Waals surface area contributed by atoms with E-state index in [1.807, 2.05) is 11.0 Å². The minimum Gasteiger partial charge on any atom is -0.339 e. The Hall–Kier alpha value is -4.43. The average molecular weight is 554 g/mol. The van der Waals surface area contributed by atoms with Gasteiger partial charge in [-0.15, -0.1) is 0 Å². The first-order valence-electron chi connectivity index (χ1n) is 13.3. The Kier molecular flexibility index (Phi) is 8.26. The lowest BCUT2D eigenvalue weighted by Gasteiger charge is -2.27. The molecule has 0 unspecified atom stereocenters. The molecule has 1 aliphatic rings. The molecule has 0 bridgehead atoms. The predicted octanol–water partition coefficient (Wildman–Crippen LogP) is 5.96. The molecule has 1 N–H and O–H groups in total. The fraction of sp³-hybridized carbons (Fsp3) is 0.188. The van der Waals surface area contributed by atoms with E-state index in [9.17, 15) is 18.0 Å². The van der Waals surface area contributed by atoms with Crippen molar-refractivity contribution in [1.82, 2.24) is 4.90 Å². The summed E-state index contributed by atoms with van der Waals surface area (Å²) in [6.07, 6.45) is 3.10. The fourth-order valence-electron chi connectivity index (χ4n) is 4.80. The minimum atomic E-state index is -3.82. The summed E-state index contributed by atoms with van der Waals surface area (Å²) in [6.45, 7) is 1.54. The molecular weight excluding hydrogens is 522 g/mol. The number of amides is 2. The van der Waals surface area contributed by atoms with Crippen molar-refractivity contribution >= 4 is 33.2 Å². The van der Waals surface area contributed by atoms with E-state index in [4.69, 9.17) is 0 Å². The normalized spacial score (nSPS) is 13.4. The van der Waals surface area contributed by atoms with Gasteiger partial charge in [-0.3, -0.25) is 13.9 Å². The van der Waals surface area contributed by atoms with Gasteiger partial charge < -0.3 is 10.2 Å². The first kappa shape index (κ1) is 27.1. The van der Waals surface area contributed by atoms with E-state index in [0.29, 0.717) is 22.5 Å². The van der Waals surface area contributed by atoms with Crippen LogP contribution in [0.1, 0.15) is 45.5 Å². The zero-order chi connectivity index (χ0) is 28.0. The molecule has 1 aliphatic heterocycles. The Morgan fingerprint density at radius 1 is 0.725 bits per heavy atom. The highest BCUT2D eigenvalue weighted by Crippen LogP contribution is 2.26. The summed E-state index contributed by atoms with van der Waals surface area (Å²) in [4.78, 5) is 28.3. The molecule has 2 amide bonds. The van der Waals surface area contributed by atoms with Crippen molar-refractivity contribution in [3.05, 3.63) is 126 Å². The molecule has 1 heterocycles. The standard InChI is InChI=1S/C32H31N3O4S/c36-31(33-30-17-9-8-16-29(30)32(37)34-22-10-3-11-23-34)26-20-18-25(19-21-26)24-35(27-12-4-1-5-13-27)40(38,39)28-14-6-2-7-15-28/h1-2,4-9,12-21H,3,10-11,22-24H2,(H,33,36). The molecule has 1 saturated heterocycles. The third kappa shape index (κ3) is 6.07. The van der Waals surface area contributed by atoms with Crippen molar-refractivity contribution in [3.8, 4) is 0 Å². The Bertz CT molecular complexity index is 1570. The second-order valence-electron chi connectivity index (χ2n) is 9.71. The van der Waals surface area contributed by atoms with E-state index in [2.05, 4.69) is 5.32 Å². The lowest BCUT2D eigenvalue weighted by atomic mass is 10.1. The van der Waals surface area contributed by atoms with Crippen LogP contribution in [-0.2, 0) is 16.6 Å². The molecule has 0 saturated carbocycles. The van der Waals surface area contributed by atoms with Crippen LogP contribution < -0.4 is 9.62 Å². The minimum absolute atomic E-state index is 0.0772. The number of hydrogen-bond donors (Lipinski definition) is 1. The monoisotopic (exact) mass is 553 g/mol. The van der Waals surface area contributed by atoms with Gasteiger partial charge in [0, 0.05) is 18.7 Å². The van der Waals surface area contributed by atoms with Crippen molar-refractivity contribution in [3.63, 3.8) is 0 Å². The average Bonchev–Trinajstić information content (AvgIpc) is 3.01. The quantitative estimate of drug-likeness (QED) is 0.292. The molecular formula is C32H31N3O4S. The number of hydrogen-bond acceptors (Lipinski definition) is 4. The topological polar surface area (TPSA) is 86.8 Å². The maximum Gasteiger partial charge on any atom is 0.264 e. The maximum absolute atomic E-state index is 13.5. The molecule has 0 aliphatic carbocycles. The Morgan fingerprint density at radius 3 is 2.00 bits per heavy atom. The Morgan fingerprint density at radius 2 is 1.32 bits per heavy atom. The molecule has 204 valence electrons. The summed E-state index contributed by atoms with van der Waals surface area (Å²) in [7, 11) is -3.82. The molecule has 5 rings (SSSR count). The van der Waals surface area contributed by atoms with E-state index < -0.39 is 10.0 Å². The number of likely N-dealkylation sites (tertiary alicyclic amines) is 1. The number of carbonyl (C=O) groups excluding carboxylic acids is 2. The zero-order valence-corrected chi connectivity index (χ0v) is 22.9. The lowest BCUT2D eigenvalue weighted by molar-refractivity contribution is 0.0725. The summed E-state index contributed by atoms with van der Waals surface area (Å²) in [5.41, 5.74) is 2.61. The molecule has 0 radical (unpaired) electrons. The number of sulfonamides is 1. The number of nitrogens with zero attached hydrogens (tertiary/aromatic N) is 2. The highest BCUT2D eigenvalue weighted by Gasteiger charge is 2.25. The van der Waals surface area contributed by atoms with Crippen LogP contribution in [0.4, 0.5) is 11.4 Å². The molecule has 0 aromatic heterocycles. The summed E-state index contributed by atoms with van der Waals surface area (Å²) < 4.78 is 28.5. The maximum atomic E-state index is 13.5. The number of rotatable bonds is 8. The highest BCUT2D eigenvalue weighted by atomic mass is 32.2. The zero-order valence-electron chi connectivity index (χ0n) is 22.1. The van der Waals surface area contributed by atoms with Crippen molar-refractivity contribution in [2.45, 2.75) is 30.7 Å². The molecule has 0 atom stereocenters. The van der Waals surface area contributed by atoms with E-state index in [0.717, 1.165) is 37.9 Å². The van der Waals surface area contributed by atoms with Crippen molar-refractivity contribution in [2.24, 2.45) is 0 Å². The fourth-order valence-corrected chi connectivity index (χ4v) is 6.27. The number of nitrogens with one attached hydrogen (secondary N) is 1. The van der Waals surface area contributed by atoms with Gasteiger partial charge in [-0.05, 0) is 73.4 Å². The smallest absolute Gasteiger partial charge is 0.264 e. The van der Waals surface area contributed by atoms with Crippen LogP contribution in [0.2, 0.25) is 0 Å². The van der Waals surface area contributed by atoms with Crippen LogP contribution in [-0.4, -0.2) is 38.2 Å². The predicted molar refractivity (Wildman–Crippen MR) is 157 cm³/mol. The summed E-state index contributed by atoms with van der Waals surface area (Å²) in [6, 6.07) is 31.1. The number of carbonyl (C=O) groups is 2. The Labute approximate surface area is 235 Å². The van der Waals surface area contributed by atoms with Crippen LogP contribution in [0.15, 0.2) is 114 Å². The number of anilines is 2. The van der Waals surface area contributed by atoms with Crippen molar-refractivity contribution < 1.29 is 18.0 Å². The molecule has 4 aromatic rings. The number of para-hydroxylation sites is 2. The van der Waals surface area contributed by atoms with Gasteiger partial charge in [-0.2, -0.15) is 0 Å². The molecule has 40 heavy (non-hydrogen) atoms. The lowest BCUT2D eigenvalue weighted by Crippen LogP contribution is -2.36. The van der Waals surface area contributed by atoms with Crippen LogP contribution in [0.5, 0.6) is 0 Å². The first-order chi connectivity index (χ1) is 19.4. The van der Waals surface area contributed by atoms with E-state index in [1.165, 1.54) is 4.31 Å². The molecule has 8 heteroatoms. The SMILES string of the molecule is O=C(Nc1ccccc1C(=O)N1CCCCC1)c1ccc(CN(c2ccccc2)S(=O)(=O)c2ccccc2)cc1. The van der Waals surface area contributed by atoms with Gasteiger partial charge in [-0.25, -0.2) is 8.42 Å². The number of piperidine rings is 1. The van der Waals surface area contributed by atoms with Crippen molar-refractivity contribution in [1.29, 1.82) is 0 Å². The van der Waals surface area contributed by atoms with Crippen LogP contribution in [0.3, 0.4) is 0 Å². The third-order valence-corrected chi connectivity index (χ3v) is 8.75. The third-order valence-electron chi connectivity index (χ3n) is 6.97. The van der Waals surface area contributed by atoms with Crippen LogP contribution in [0, 0.1) is 0 Å². The van der Waals surface area contributed by atoms with Crippen LogP contribution >= 0.6 is 0 Å². The number of benzene rings is 4. The second kappa shape index (κ2) is 12.2. The molecule has 1 fully saturated rings. The second-order valence-corrected chi connectivity index (χ2v) is 11.6. The molecule has 7 nitrogen and oxygen atoms in total. The van der Waals surface area contributed by atoms with Gasteiger partial charge >= 0.3 is 0 Å². The van der Waals surface area contributed by atoms with Crippen LogP contribution in [0.25, 0.3) is 0 Å². The molecule has 0 spiro atoms. The molecule has 4 aromatic carbocycles. The highest BCUT2D eigenvalue weighted by molar-refractivity contribution is 7.92. The first-order valence-corrected chi connectivity index (χ1v) is 14.8. The van der Waals surface area contributed by atoms with Gasteiger partial charge in [0.1, 0.15) is 0 Å². The Balaban J connectivity index is 1.34. The van der Waals surface area contributed by atoms with Crippen molar-refractivity contribution in [2.75, 3.05) is 22.7 Å².